The average molecular weight is 320 g/mol. The Hall–Kier alpha value is -1.24. The Morgan fingerprint density at radius 1 is 1.48 bits per heavy atom. The van der Waals surface area contributed by atoms with Crippen LogP contribution in [0.15, 0.2) is 12.1 Å². The van der Waals surface area contributed by atoms with Gasteiger partial charge in [0.1, 0.15) is 6.61 Å². The third-order valence-corrected chi connectivity index (χ3v) is 3.66. The van der Waals surface area contributed by atoms with Gasteiger partial charge in [0, 0.05) is 19.1 Å². The monoisotopic (exact) mass is 319 g/mol. The number of morpholine rings is 1. The predicted molar refractivity (Wildman–Crippen MR) is 73.5 cm³/mol. The van der Waals surface area contributed by atoms with Crippen LogP contribution in [0.5, 0.6) is 0 Å². The Labute approximate surface area is 126 Å². The summed E-state index contributed by atoms with van der Waals surface area (Å²) in [5, 5.41) is -0.168. The summed E-state index contributed by atoms with van der Waals surface area (Å²) < 4.78 is 36.4. The quantitative estimate of drug-likeness (QED) is 0.631. The number of hydrogen-bond donors (Lipinski definition) is 0. The molecule has 1 aliphatic rings. The molecule has 2 rings (SSSR count). The first-order valence-corrected chi connectivity index (χ1v) is 7.00. The van der Waals surface area contributed by atoms with Gasteiger partial charge in [-0.3, -0.25) is 4.90 Å². The summed E-state index contributed by atoms with van der Waals surface area (Å²) in [6.45, 7) is 4.78. The lowest BCUT2D eigenvalue weighted by atomic mass is 10.2. The molecule has 1 aromatic carbocycles. The third-order valence-electron chi connectivity index (χ3n) is 3.35. The van der Waals surface area contributed by atoms with Crippen molar-refractivity contribution < 1.29 is 23.0 Å². The molecule has 21 heavy (non-hydrogen) atoms. The van der Waals surface area contributed by atoms with Crippen LogP contribution in [-0.4, -0.2) is 49.8 Å². The van der Waals surface area contributed by atoms with Crippen molar-refractivity contribution in [2.45, 2.75) is 13.0 Å². The van der Waals surface area contributed by atoms with E-state index in [1.54, 1.807) is 0 Å². The molecule has 0 amide bonds. The summed E-state index contributed by atoms with van der Waals surface area (Å²) >= 11 is 5.71. The van der Waals surface area contributed by atoms with Gasteiger partial charge in [0.15, 0.2) is 11.6 Å². The van der Waals surface area contributed by atoms with Gasteiger partial charge < -0.3 is 9.47 Å². The highest BCUT2D eigenvalue weighted by Crippen LogP contribution is 2.20. The highest BCUT2D eigenvalue weighted by atomic mass is 35.5. The summed E-state index contributed by atoms with van der Waals surface area (Å²) in [7, 11) is 0. The Morgan fingerprint density at radius 3 is 2.90 bits per heavy atom. The smallest absolute Gasteiger partial charge is 0.339 e. The summed E-state index contributed by atoms with van der Waals surface area (Å²) in [5.41, 5.74) is -0.175. The van der Waals surface area contributed by atoms with E-state index in [9.17, 15) is 13.6 Å². The van der Waals surface area contributed by atoms with E-state index in [1.807, 2.05) is 6.92 Å². The van der Waals surface area contributed by atoms with Crippen molar-refractivity contribution in [2.24, 2.45) is 0 Å². The molecule has 7 heteroatoms. The first kappa shape index (κ1) is 16.1. The number of halogens is 3. The molecule has 1 fully saturated rings. The van der Waals surface area contributed by atoms with Gasteiger partial charge in [-0.2, -0.15) is 0 Å². The van der Waals surface area contributed by atoms with Gasteiger partial charge >= 0.3 is 5.97 Å². The van der Waals surface area contributed by atoms with Gasteiger partial charge in [-0.05, 0) is 19.1 Å². The number of nitrogens with zero attached hydrogens (tertiary/aromatic N) is 1. The van der Waals surface area contributed by atoms with E-state index in [1.165, 1.54) is 0 Å². The Kier molecular flexibility index (Phi) is 5.50. The van der Waals surface area contributed by atoms with E-state index in [-0.39, 0.29) is 23.2 Å². The van der Waals surface area contributed by atoms with Crippen molar-refractivity contribution in [1.82, 2.24) is 4.90 Å². The van der Waals surface area contributed by atoms with Crippen molar-refractivity contribution in [3.05, 3.63) is 34.4 Å². The van der Waals surface area contributed by atoms with Gasteiger partial charge in [-0.1, -0.05) is 11.6 Å². The molecule has 0 aromatic heterocycles. The van der Waals surface area contributed by atoms with E-state index in [0.717, 1.165) is 18.7 Å². The summed E-state index contributed by atoms with van der Waals surface area (Å²) in [4.78, 5) is 13.9. The lowest BCUT2D eigenvalue weighted by Gasteiger charge is -2.32. The third kappa shape index (κ3) is 4.12. The van der Waals surface area contributed by atoms with Gasteiger partial charge in [0.2, 0.25) is 0 Å². The Balaban J connectivity index is 1.88. The van der Waals surface area contributed by atoms with Crippen molar-refractivity contribution in [2.75, 3.05) is 32.9 Å². The van der Waals surface area contributed by atoms with E-state index in [2.05, 4.69) is 4.90 Å². The summed E-state index contributed by atoms with van der Waals surface area (Å²) in [6, 6.07) is 1.76. The minimum atomic E-state index is -1.13. The number of benzene rings is 1. The van der Waals surface area contributed by atoms with E-state index < -0.39 is 17.6 Å². The largest absolute Gasteiger partial charge is 0.461 e. The van der Waals surface area contributed by atoms with Crippen molar-refractivity contribution in [1.29, 1.82) is 0 Å². The molecule has 1 unspecified atom stereocenters. The normalized spacial score (nSPS) is 19.5. The van der Waals surface area contributed by atoms with Gasteiger partial charge in [-0.25, -0.2) is 13.6 Å². The number of carbonyl (C=O) groups is 1. The maximum absolute atomic E-state index is 13.1. The van der Waals surface area contributed by atoms with Crippen molar-refractivity contribution >= 4 is 17.6 Å². The molecule has 0 aliphatic carbocycles. The predicted octanol–water partition coefficient (Wildman–Crippen LogP) is 2.50. The molecule has 0 N–H and O–H groups in total. The number of rotatable bonds is 4. The molecule has 0 saturated carbocycles. The molecule has 116 valence electrons. The van der Waals surface area contributed by atoms with Crippen LogP contribution in [0.3, 0.4) is 0 Å². The van der Waals surface area contributed by atoms with E-state index >= 15 is 0 Å². The van der Waals surface area contributed by atoms with Crippen LogP contribution < -0.4 is 0 Å². The van der Waals surface area contributed by atoms with Crippen LogP contribution >= 0.6 is 11.6 Å². The number of ether oxygens (including phenoxy) is 2. The maximum atomic E-state index is 13.1. The zero-order valence-corrected chi connectivity index (χ0v) is 12.3. The highest BCUT2D eigenvalue weighted by molar-refractivity contribution is 6.33. The zero-order chi connectivity index (χ0) is 15.4. The highest BCUT2D eigenvalue weighted by Gasteiger charge is 2.20. The molecule has 0 bridgehead atoms. The van der Waals surface area contributed by atoms with Crippen molar-refractivity contribution in [3.63, 3.8) is 0 Å². The van der Waals surface area contributed by atoms with E-state index in [0.29, 0.717) is 19.8 Å². The Bertz CT molecular complexity index is 527. The molecule has 4 nitrogen and oxygen atoms in total. The molecule has 0 spiro atoms. The van der Waals surface area contributed by atoms with Gasteiger partial charge in [-0.15, -0.1) is 0 Å². The Morgan fingerprint density at radius 2 is 2.19 bits per heavy atom. The van der Waals surface area contributed by atoms with Crippen LogP contribution in [0.25, 0.3) is 0 Å². The number of carbonyl (C=O) groups excluding carboxylic acids is 1. The first-order chi connectivity index (χ1) is 9.99. The molecular formula is C14H16ClF2NO3. The standard InChI is InChI=1S/C14H16ClF2NO3/c1-9-8-20-4-2-18(9)3-5-21-14(19)10-6-12(16)13(17)7-11(10)15/h6-7,9H,2-5,8H2,1H3. The van der Waals surface area contributed by atoms with Gasteiger partial charge in [0.25, 0.3) is 0 Å². The molecule has 1 saturated heterocycles. The molecule has 1 atom stereocenters. The molecular weight excluding hydrogens is 304 g/mol. The van der Waals surface area contributed by atoms with Crippen LogP contribution in [-0.2, 0) is 9.47 Å². The fraction of sp³-hybridized carbons (Fsp3) is 0.500. The molecule has 1 aromatic rings. The van der Waals surface area contributed by atoms with Gasteiger partial charge in [0.05, 0.1) is 23.8 Å². The second-order valence-electron chi connectivity index (χ2n) is 4.84. The second-order valence-corrected chi connectivity index (χ2v) is 5.25. The zero-order valence-electron chi connectivity index (χ0n) is 11.6. The number of esters is 1. The minimum absolute atomic E-state index is 0.151. The van der Waals surface area contributed by atoms with Crippen LogP contribution in [0.4, 0.5) is 8.78 Å². The second kappa shape index (κ2) is 7.15. The van der Waals surface area contributed by atoms with E-state index in [4.69, 9.17) is 21.1 Å². The summed E-state index contributed by atoms with van der Waals surface area (Å²) in [5.74, 6) is -2.99. The number of hydrogen-bond acceptors (Lipinski definition) is 4. The fourth-order valence-electron chi connectivity index (χ4n) is 2.11. The van der Waals surface area contributed by atoms with Crippen LogP contribution in [0.1, 0.15) is 17.3 Å². The minimum Gasteiger partial charge on any atom is -0.461 e. The lowest BCUT2D eigenvalue weighted by Crippen LogP contribution is -2.45. The van der Waals surface area contributed by atoms with Crippen molar-refractivity contribution in [3.8, 4) is 0 Å². The average Bonchev–Trinajstić information content (AvgIpc) is 2.44. The lowest BCUT2D eigenvalue weighted by molar-refractivity contribution is -0.0111. The molecule has 0 radical (unpaired) electrons. The molecule has 1 heterocycles. The summed E-state index contributed by atoms with van der Waals surface area (Å²) in [6.07, 6.45) is 0. The SMILES string of the molecule is CC1COCCN1CCOC(=O)c1cc(F)c(F)cc1Cl. The molecule has 1 aliphatic heterocycles. The van der Waals surface area contributed by atoms with Crippen LogP contribution in [0, 0.1) is 11.6 Å². The fourth-order valence-corrected chi connectivity index (χ4v) is 2.33. The van der Waals surface area contributed by atoms with Crippen LogP contribution in [0.2, 0.25) is 5.02 Å². The first-order valence-electron chi connectivity index (χ1n) is 6.62. The maximum Gasteiger partial charge on any atom is 0.339 e. The topological polar surface area (TPSA) is 38.8 Å².